The number of hydrogen-bond acceptors (Lipinski definition) is 3. The van der Waals surface area contributed by atoms with Crippen molar-refractivity contribution in [1.82, 2.24) is 10.6 Å². The van der Waals surface area contributed by atoms with E-state index in [1.54, 1.807) is 36.4 Å². The molecule has 2 aromatic rings. The molecule has 130 valence electrons. The lowest BCUT2D eigenvalue weighted by Crippen LogP contribution is -2.33. The Kier molecular flexibility index (Phi) is 6.93. The van der Waals surface area contributed by atoms with Crippen LogP contribution in [0.2, 0.25) is 0 Å². The van der Waals surface area contributed by atoms with Gasteiger partial charge in [-0.3, -0.25) is 14.4 Å². The van der Waals surface area contributed by atoms with Gasteiger partial charge in [0.15, 0.2) is 0 Å². The molecule has 7 heteroatoms. The number of amides is 3. The van der Waals surface area contributed by atoms with Crippen LogP contribution in [-0.4, -0.2) is 30.8 Å². The molecule has 0 aliphatic carbocycles. The van der Waals surface area contributed by atoms with E-state index in [0.717, 1.165) is 3.57 Å². The predicted molar refractivity (Wildman–Crippen MR) is 105 cm³/mol. The summed E-state index contributed by atoms with van der Waals surface area (Å²) in [5.74, 6) is -0.880. The lowest BCUT2D eigenvalue weighted by molar-refractivity contribution is -0.115. The third-order valence-electron chi connectivity index (χ3n) is 3.27. The average Bonchev–Trinajstić information content (AvgIpc) is 2.60. The Labute approximate surface area is 159 Å². The second-order valence-electron chi connectivity index (χ2n) is 5.15. The number of halogens is 1. The topological polar surface area (TPSA) is 87.3 Å². The quantitative estimate of drug-likeness (QED) is 0.590. The van der Waals surface area contributed by atoms with Gasteiger partial charge in [-0.25, -0.2) is 0 Å². The minimum Gasteiger partial charge on any atom is -0.352 e. The summed E-state index contributed by atoms with van der Waals surface area (Å²) < 4.78 is 0.813. The molecule has 0 heterocycles. The van der Waals surface area contributed by atoms with E-state index >= 15 is 0 Å². The summed E-state index contributed by atoms with van der Waals surface area (Å²) in [6.07, 6.45) is 0. The van der Waals surface area contributed by atoms with Crippen molar-refractivity contribution in [2.75, 3.05) is 18.4 Å². The molecule has 0 spiro atoms. The van der Waals surface area contributed by atoms with Crippen molar-refractivity contribution >= 4 is 46.0 Å². The van der Waals surface area contributed by atoms with Crippen LogP contribution >= 0.6 is 22.6 Å². The molecule has 0 fully saturated rings. The maximum Gasteiger partial charge on any atom is 0.252 e. The van der Waals surface area contributed by atoms with Gasteiger partial charge in [-0.1, -0.05) is 18.2 Å². The van der Waals surface area contributed by atoms with Crippen molar-refractivity contribution in [1.29, 1.82) is 0 Å². The van der Waals surface area contributed by atoms with E-state index in [1.807, 2.05) is 19.1 Å². The van der Waals surface area contributed by atoms with Gasteiger partial charge in [-0.05, 0) is 59.8 Å². The van der Waals surface area contributed by atoms with Crippen molar-refractivity contribution in [3.63, 3.8) is 0 Å². The lowest BCUT2D eigenvalue weighted by Gasteiger charge is -2.09. The van der Waals surface area contributed by atoms with Crippen molar-refractivity contribution in [2.45, 2.75) is 6.92 Å². The van der Waals surface area contributed by atoms with Crippen LogP contribution in [0, 0.1) is 3.57 Å². The van der Waals surface area contributed by atoms with Crippen LogP contribution in [0.5, 0.6) is 0 Å². The van der Waals surface area contributed by atoms with Crippen LogP contribution < -0.4 is 16.0 Å². The number of carbonyl (C=O) groups is 3. The molecule has 0 saturated carbocycles. The highest BCUT2D eigenvalue weighted by Crippen LogP contribution is 2.12. The van der Waals surface area contributed by atoms with E-state index in [0.29, 0.717) is 23.4 Å². The van der Waals surface area contributed by atoms with E-state index < -0.39 is 0 Å². The van der Waals surface area contributed by atoms with Gasteiger partial charge in [-0.15, -0.1) is 0 Å². The molecule has 6 nitrogen and oxygen atoms in total. The second-order valence-corrected chi connectivity index (χ2v) is 6.31. The summed E-state index contributed by atoms with van der Waals surface area (Å²) in [7, 11) is 0. The van der Waals surface area contributed by atoms with E-state index in [-0.39, 0.29) is 24.3 Å². The molecule has 2 aromatic carbocycles. The van der Waals surface area contributed by atoms with E-state index in [9.17, 15) is 14.4 Å². The molecule has 0 bridgehead atoms. The number of carbonyl (C=O) groups excluding carboxylic acids is 3. The van der Waals surface area contributed by atoms with Crippen molar-refractivity contribution < 1.29 is 14.4 Å². The van der Waals surface area contributed by atoms with Gasteiger partial charge in [0.25, 0.3) is 11.8 Å². The SMILES string of the molecule is CCNC(=O)c1cccc(NC(=O)CNC(=O)c2ccccc2I)c1. The standard InChI is InChI=1S/C18H18IN3O3/c1-2-20-17(24)12-6-5-7-13(10-12)22-16(23)11-21-18(25)14-8-3-4-9-15(14)19/h3-10H,2,11H2,1H3,(H,20,24)(H,21,25)(H,22,23). The third kappa shape index (κ3) is 5.56. The fourth-order valence-corrected chi connectivity index (χ4v) is 2.74. The Morgan fingerprint density at radius 1 is 0.960 bits per heavy atom. The number of rotatable bonds is 6. The van der Waals surface area contributed by atoms with E-state index in [2.05, 4.69) is 38.5 Å². The summed E-state index contributed by atoms with van der Waals surface area (Å²) in [6, 6.07) is 13.8. The zero-order chi connectivity index (χ0) is 18.2. The van der Waals surface area contributed by atoms with Gasteiger partial charge >= 0.3 is 0 Å². The summed E-state index contributed by atoms with van der Waals surface area (Å²) >= 11 is 2.07. The van der Waals surface area contributed by atoms with Crippen LogP contribution in [0.25, 0.3) is 0 Å². The zero-order valence-electron chi connectivity index (χ0n) is 13.6. The number of hydrogen-bond donors (Lipinski definition) is 3. The van der Waals surface area contributed by atoms with E-state index in [4.69, 9.17) is 0 Å². The molecule has 0 aromatic heterocycles. The number of benzene rings is 2. The molecule has 0 unspecified atom stereocenters. The fourth-order valence-electron chi connectivity index (χ4n) is 2.11. The third-order valence-corrected chi connectivity index (χ3v) is 4.21. The molecule has 25 heavy (non-hydrogen) atoms. The Bertz CT molecular complexity index is 793. The van der Waals surface area contributed by atoms with Gasteiger partial charge in [0.1, 0.15) is 0 Å². The van der Waals surface area contributed by atoms with Crippen LogP contribution in [-0.2, 0) is 4.79 Å². The lowest BCUT2D eigenvalue weighted by atomic mass is 10.2. The minimum atomic E-state index is -0.368. The van der Waals surface area contributed by atoms with Crippen LogP contribution in [0.15, 0.2) is 48.5 Å². The van der Waals surface area contributed by atoms with Crippen LogP contribution in [0.1, 0.15) is 27.6 Å². The number of nitrogens with one attached hydrogen (secondary N) is 3. The molecule has 0 aliphatic rings. The van der Waals surface area contributed by atoms with Crippen molar-refractivity contribution in [3.8, 4) is 0 Å². The smallest absolute Gasteiger partial charge is 0.252 e. The highest BCUT2D eigenvalue weighted by molar-refractivity contribution is 14.1. The zero-order valence-corrected chi connectivity index (χ0v) is 15.8. The van der Waals surface area contributed by atoms with Gasteiger partial charge in [0, 0.05) is 21.4 Å². The first-order chi connectivity index (χ1) is 12.0. The molecular formula is C18H18IN3O3. The molecule has 2 rings (SSSR count). The Morgan fingerprint density at radius 3 is 2.44 bits per heavy atom. The predicted octanol–water partition coefficient (Wildman–Crippen LogP) is 2.41. The molecular weight excluding hydrogens is 433 g/mol. The monoisotopic (exact) mass is 451 g/mol. The summed E-state index contributed by atoms with van der Waals surface area (Å²) in [5.41, 5.74) is 1.48. The summed E-state index contributed by atoms with van der Waals surface area (Å²) in [6.45, 7) is 2.20. The van der Waals surface area contributed by atoms with Crippen LogP contribution in [0.4, 0.5) is 5.69 Å². The fraction of sp³-hybridized carbons (Fsp3) is 0.167. The first-order valence-corrected chi connectivity index (χ1v) is 8.80. The van der Waals surface area contributed by atoms with Crippen molar-refractivity contribution in [2.24, 2.45) is 0 Å². The van der Waals surface area contributed by atoms with Gasteiger partial charge in [0.2, 0.25) is 5.91 Å². The number of anilines is 1. The second kappa shape index (κ2) is 9.16. The minimum absolute atomic E-state index is 0.158. The van der Waals surface area contributed by atoms with E-state index in [1.165, 1.54) is 0 Å². The Hall–Kier alpha value is -2.42. The molecule has 0 aliphatic heterocycles. The molecule has 3 N–H and O–H groups in total. The maximum atomic E-state index is 12.1. The summed E-state index contributed by atoms with van der Waals surface area (Å²) in [4.78, 5) is 35.9. The maximum absolute atomic E-state index is 12.1. The van der Waals surface area contributed by atoms with Gasteiger partial charge in [0.05, 0.1) is 12.1 Å². The van der Waals surface area contributed by atoms with Crippen LogP contribution in [0.3, 0.4) is 0 Å². The normalized spacial score (nSPS) is 10.0. The molecule has 0 atom stereocenters. The van der Waals surface area contributed by atoms with Crippen molar-refractivity contribution in [3.05, 3.63) is 63.2 Å². The summed E-state index contributed by atoms with van der Waals surface area (Å²) in [5, 5.41) is 7.94. The molecule has 3 amide bonds. The van der Waals surface area contributed by atoms with Gasteiger partial charge < -0.3 is 16.0 Å². The highest BCUT2D eigenvalue weighted by atomic mass is 127. The average molecular weight is 451 g/mol. The molecule has 0 saturated heterocycles. The largest absolute Gasteiger partial charge is 0.352 e. The Morgan fingerprint density at radius 2 is 1.72 bits per heavy atom. The first kappa shape index (κ1) is 18.9. The first-order valence-electron chi connectivity index (χ1n) is 7.72. The highest BCUT2D eigenvalue weighted by Gasteiger charge is 2.11. The molecule has 0 radical (unpaired) electrons. The van der Waals surface area contributed by atoms with Gasteiger partial charge in [-0.2, -0.15) is 0 Å². The Balaban J connectivity index is 1.92.